The Labute approximate surface area is 127 Å². The van der Waals surface area contributed by atoms with E-state index in [0.29, 0.717) is 6.04 Å². The molecule has 0 radical (unpaired) electrons. The van der Waals surface area contributed by atoms with Crippen LogP contribution in [0.15, 0.2) is 18.2 Å². The Kier molecular flexibility index (Phi) is 4.18. The highest BCUT2D eigenvalue weighted by Gasteiger charge is 2.40. The van der Waals surface area contributed by atoms with Crippen molar-refractivity contribution in [2.75, 3.05) is 11.9 Å². The van der Waals surface area contributed by atoms with Crippen molar-refractivity contribution in [1.29, 1.82) is 0 Å². The average Bonchev–Trinajstić information content (AvgIpc) is 3.08. The molecule has 2 bridgehead atoms. The van der Waals surface area contributed by atoms with Gasteiger partial charge in [0.2, 0.25) is 0 Å². The van der Waals surface area contributed by atoms with E-state index in [9.17, 15) is 4.79 Å². The highest BCUT2D eigenvalue weighted by molar-refractivity contribution is 6.00. The normalized spacial score (nSPS) is 26.9. The van der Waals surface area contributed by atoms with Gasteiger partial charge in [-0.25, -0.2) is 0 Å². The first-order valence-corrected chi connectivity index (χ1v) is 8.32. The highest BCUT2D eigenvalue weighted by Crippen LogP contribution is 2.44. The van der Waals surface area contributed by atoms with Crippen LogP contribution >= 0.6 is 0 Å². The van der Waals surface area contributed by atoms with Gasteiger partial charge in [-0.1, -0.05) is 25.0 Å². The van der Waals surface area contributed by atoms with Crippen LogP contribution in [0.25, 0.3) is 0 Å². The van der Waals surface area contributed by atoms with Gasteiger partial charge in [0.1, 0.15) is 0 Å². The Hall–Kier alpha value is -1.51. The summed E-state index contributed by atoms with van der Waals surface area (Å²) in [5.41, 5.74) is 2.89. The fourth-order valence-corrected chi connectivity index (χ4v) is 3.93. The molecule has 2 N–H and O–H groups in total. The summed E-state index contributed by atoms with van der Waals surface area (Å²) in [4.78, 5) is 12.7. The number of hydrogen-bond donors (Lipinski definition) is 2. The molecule has 1 aromatic rings. The van der Waals surface area contributed by atoms with Gasteiger partial charge in [-0.15, -0.1) is 0 Å². The maximum atomic E-state index is 12.7. The topological polar surface area (TPSA) is 41.1 Å². The Bertz CT molecular complexity index is 526. The number of anilines is 1. The highest BCUT2D eigenvalue weighted by atomic mass is 16.1. The first-order valence-electron chi connectivity index (χ1n) is 8.32. The quantitative estimate of drug-likeness (QED) is 0.866. The smallest absolute Gasteiger partial charge is 0.253 e. The summed E-state index contributed by atoms with van der Waals surface area (Å²) >= 11 is 0. The predicted molar refractivity (Wildman–Crippen MR) is 86.7 cm³/mol. The largest absolute Gasteiger partial charge is 0.384 e. The van der Waals surface area contributed by atoms with Crippen molar-refractivity contribution in [3.63, 3.8) is 0 Å². The van der Waals surface area contributed by atoms with Crippen LogP contribution in [0.2, 0.25) is 0 Å². The lowest BCUT2D eigenvalue weighted by Gasteiger charge is -2.23. The molecular weight excluding hydrogens is 260 g/mol. The molecule has 1 amide bonds. The monoisotopic (exact) mass is 286 g/mol. The predicted octanol–water partition coefficient (Wildman–Crippen LogP) is 3.74. The SMILES string of the molecule is CCCNc1ccc(C)cc1C(=O)NC1CC2CCC1C2. The molecule has 2 aliphatic carbocycles. The van der Waals surface area contributed by atoms with Crippen molar-refractivity contribution in [3.8, 4) is 0 Å². The third kappa shape index (κ3) is 3.07. The summed E-state index contributed by atoms with van der Waals surface area (Å²) in [6.07, 6.45) is 6.22. The fraction of sp³-hybridized carbons (Fsp3) is 0.611. The minimum atomic E-state index is 0.0925. The summed E-state index contributed by atoms with van der Waals surface area (Å²) in [6, 6.07) is 6.49. The van der Waals surface area contributed by atoms with Gasteiger partial charge < -0.3 is 10.6 Å². The van der Waals surface area contributed by atoms with Gasteiger partial charge in [-0.3, -0.25) is 4.79 Å². The van der Waals surface area contributed by atoms with E-state index < -0.39 is 0 Å². The third-order valence-corrected chi connectivity index (χ3v) is 5.04. The van der Waals surface area contributed by atoms with Crippen LogP contribution in [0.3, 0.4) is 0 Å². The molecule has 2 aliphatic rings. The van der Waals surface area contributed by atoms with Crippen LogP contribution in [-0.4, -0.2) is 18.5 Å². The van der Waals surface area contributed by atoms with Crippen LogP contribution in [0.1, 0.15) is 54.9 Å². The molecule has 21 heavy (non-hydrogen) atoms. The molecule has 3 atom stereocenters. The molecule has 0 aromatic heterocycles. The van der Waals surface area contributed by atoms with E-state index in [2.05, 4.69) is 23.6 Å². The van der Waals surface area contributed by atoms with Gasteiger partial charge in [0.05, 0.1) is 5.56 Å². The van der Waals surface area contributed by atoms with E-state index >= 15 is 0 Å². The van der Waals surface area contributed by atoms with Crippen molar-refractivity contribution in [3.05, 3.63) is 29.3 Å². The summed E-state index contributed by atoms with van der Waals surface area (Å²) in [6.45, 7) is 5.07. The number of benzene rings is 1. The molecule has 0 saturated heterocycles. The van der Waals surface area contributed by atoms with Crippen LogP contribution < -0.4 is 10.6 Å². The number of carbonyl (C=O) groups excluding carboxylic acids is 1. The lowest BCUT2D eigenvalue weighted by Crippen LogP contribution is -2.38. The molecule has 0 aliphatic heterocycles. The first kappa shape index (κ1) is 14.4. The summed E-state index contributed by atoms with van der Waals surface area (Å²) in [5, 5.41) is 6.66. The zero-order valence-electron chi connectivity index (χ0n) is 13.1. The molecule has 0 spiro atoms. The van der Waals surface area contributed by atoms with Gasteiger partial charge in [-0.2, -0.15) is 0 Å². The van der Waals surface area contributed by atoms with Crippen LogP contribution in [0.5, 0.6) is 0 Å². The molecule has 2 fully saturated rings. The van der Waals surface area contributed by atoms with Crippen LogP contribution in [0, 0.1) is 18.8 Å². The van der Waals surface area contributed by atoms with E-state index in [1.807, 2.05) is 19.1 Å². The number of nitrogens with one attached hydrogen (secondary N) is 2. The van der Waals surface area contributed by atoms with E-state index in [0.717, 1.165) is 41.6 Å². The number of amides is 1. The summed E-state index contributed by atoms with van der Waals surface area (Å²) in [7, 11) is 0. The Morgan fingerprint density at radius 3 is 2.81 bits per heavy atom. The molecule has 2 saturated carbocycles. The number of carbonyl (C=O) groups is 1. The van der Waals surface area contributed by atoms with E-state index in [1.165, 1.54) is 25.7 Å². The molecule has 3 nitrogen and oxygen atoms in total. The van der Waals surface area contributed by atoms with Crippen LogP contribution in [0.4, 0.5) is 5.69 Å². The van der Waals surface area contributed by atoms with Gasteiger partial charge in [0.25, 0.3) is 5.91 Å². The maximum absolute atomic E-state index is 12.7. The minimum absolute atomic E-state index is 0.0925. The molecule has 3 heteroatoms. The van der Waals surface area contributed by atoms with Crippen molar-refractivity contribution in [2.45, 2.75) is 52.0 Å². The Morgan fingerprint density at radius 2 is 2.14 bits per heavy atom. The molecule has 3 rings (SSSR count). The van der Waals surface area contributed by atoms with Crippen molar-refractivity contribution in [2.24, 2.45) is 11.8 Å². The van der Waals surface area contributed by atoms with Crippen molar-refractivity contribution < 1.29 is 4.79 Å². The third-order valence-electron chi connectivity index (χ3n) is 5.04. The van der Waals surface area contributed by atoms with Gasteiger partial charge in [-0.05, 0) is 56.6 Å². The van der Waals surface area contributed by atoms with E-state index in [-0.39, 0.29) is 5.91 Å². The number of fused-ring (bicyclic) bond motifs is 2. The number of aryl methyl sites for hydroxylation is 1. The van der Waals surface area contributed by atoms with Gasteiger partial charge in [0.15, 0.2) is 0 Å². The Morgan fingerprint density at radius 1 is 1.29 bits per heavy atom. The fourth-order valence-electron chi connectivity index (χ4n) is 3.93. The van der Waals surface area contributed by atoms with Crippen LogP contribution in [-0.2, 0) is 0 Å². The van der Waals surface area contributed by atoms with Crippen molar-refractivity contribution >= 4 is 11.6 Å². The Balaban J connectivity index is 1.72. The lowest BCUT2D eigenvalue weighted by molar-refractivity contribution is 0.0923. The second-order valence-corrected chi connectivity index (χ2v) is 6.73. The first-order chi connectivity index (χ1) is 10.2. The zero-order chi connectivity index (χ0) is 14.8. The maximum Gasteiger partial charge on any atom is 0.253 e. The minimum Gasteiger partial charge on any atom is -0.384 e. The molecule has 114 valence electrons. The summed E-state index contributed by atoms with van der Waals surface area (Å²) in [5.74, 6) is 1.67. The molecular formula is C18H26N2O. The van der Waals surface area contributed by atoms with E-state index in [4.69, 9.17) is 0 Å². The lowest BCUT2D eigenvalue weighted by atomic mass is 9.95. The van der Waals surface area contributed by atoms with E-state index in [1.54, 1.807) is 0 Å². The zero-order valence-corrected chi connectivity index (χ0v) is 13.1. The second kappa shape index (κ2) is 6.08. The molecule has 0 heterocycles. The standard InChI is InChI=1S/C18H26N2O/c1-3-8-19-16-7-4-12(2)9-15(16)18(21)20-17-11-13-5-6-14(17)10-13/h4,7,9,13-14,17,19H,3,5-6,8,10-11H2,1-2H3,(H,20,21). The summed E-state index contributed by atoms with van der Waals surface area (Å²) < 4.78 is 0. The van der Waals surface area contributed by atoms with Gasteiger partial charge >= 0.3 is 0 Å². The molecule has 3 unspecified atom stereocenters. The molecule has 1 aromatic carbocycles. The number of rotatable bonds is 5. The number of hydrogen-bond acceptors (Lipinski definition) is 2. The van der Waals surface area contributed by atoms with Gasteiger partial charge in [0, 0.05) is 18.3 Å². The van der Waals surface area contributed by atoms with Crippen molar-refractivity contribution in [1.82, 2.24) is 5.32 Å². The average molecular weight is 286 g/mol. The second-order valence-electron chi connectivity index (χ2n) is 6.73.